The monoisotopic (exact) mass is 415 g/mol. The summed E-state index contributed by atoms with van der Waals surface area (Å²) >= 11 is 5.95. The van der Waals surface area contributed by atoms with Crippen molar-refractivity contribution in [3.05, 3.63) is 88.9 Å². The van der Waals surface area contributed by atoms with Gasteiger partial charge < -0.3 is 4.74 Å². The van der Waals surface area contributed by atoms with Crippen molar-refractivity contribution in [3.8, 4) is 5.75 Å². The lowest BCUT2D eigenvalue weighted by atomic mass is 10.0. The largest absolute Gasteiger partial charge is 0.497 e. The van der Waals surface area contributed by atoms with Gasteiger partial charge in [0.2, 0.25) is 0 Å². The molecule has 0 fully saturated rings. The molecule has 3 aromatic rings. The van der Waals surface area contributed by atoms with E-state index >= 15 is 0 Å². The van der Waals surface area contributed by atoms with Crippen molar-refractivity contribution >= 4 is 27.3 Å². The van der Waals surface area contributed by atoms with Crippen LogP contribution in [-0.4, -0.2) is 15.5 Å². The SMILES string of the molecule is COc1cccc(N([C@H](C)c2ccccc2C)S(=O)(=O)c2ccc(Cl)cc2)c1. The smallest absolute Gasteiger partial charge is 0.264 e. The third kappa shape index (κ3) is 4.01. The van der Waals surface area contributed by atoms with Crippen LogP contribution in [0.15, 0.2) is 77.7 Å². The van der Waals surface area contributed by atoms with Gasteiger partial charge in [-0.1, -0.05) is 41.9 Å². The highest BCUT2D eigenvalue weighted by Gasteiger charge is 2.31. The molecule has 4 nitrogen and oxygen atoms in total. The molecule has 0 aliphatic heterocycles. The Labute approximate surface area is 171 Å². The predicted molar refractivity (Wildman–Crippen MR) is 114 cm³/mol. The maximum atomic E-state index is 13.6. The number of anilines is 1. The van der Waals surface area contributed by atoms with Gasteiger partial charge in [0.15, 0.2) is 0 Å². The Balaban J connectivity index is 2.19. The summed E-state index contributed by atoms with van der Waals surface area (Å²) in [4.78, 5) is 0.181. The number of hydrogen-bond donors (Lipinski definition) is 0. The van der Waals surface area contributed by atoms with E-state index in [2.05, 4.69) is 0 Å². The van der Waals surface area contributed by atoms with E-state index in [4.69, 9.17) is 16.3 Å². The molecule has 146 valence electrons. The van der Waals surface area contributed by atoms with E-state index in [1.807, 2.05) is 38.1 Å². The molecule has 0 heterocycles. The summed E-state index contributed by atoms with van der Waals surface area (Å²) in [6, 6.07) is 20.6. The number of aryl methyl sites for hydroxylation is 1. The zero-order valence-electron chi connectivity index (χ0n) is 16.0. The summed E-state index contributed by atoms with van der Waals surface area (Å²) in [6.07, 6.45) is 0. The molecule has 0 amide bonds. The van der Waals surface area contributed by atoms with E-state index in [1.165, 1.54) is 16.4 Å². The van der Waals surface area contributed by atoms with Crippen LogP contribution >= 0.6 is 11.6 Å². The van der Waals surface area contributed by atoms with Gasteiger partial charge in [-0.25, -0.2) is 8.42 Å². The molecular formula is C22H22ClNO3S. The first kappa shape index (κ1) is 20.2. The van der Waals surface area contributed by atoms with Gasteiger partial charge in [0.05, 0.1) is 23.7 Å². The molecule has 0 aromatic heterocycles. The van der Waals surface area contributed by atoms with Crippen LogP contribution < -0.4 is 9.04 Å². The van der Waals surface area contributed by atoms with Crippen molar-refractivity contribution in [1.82, 2.24) is 0 Å². The van der Waals surface area contributed by atoms with Crippen LogP contribution in [0.3, 0.4) is 0 Å². The van der Waals surface area contributed by atoms with E-state index in [1.54, 1.807) is 43.5 Å². The molecule has 3 aromatic carbocycles. The molecule has 6 heteroatoms. The number of hydrogen-bond acceptors (Lipinski definition) is 3. The highest BCUT2D eigenvalue weighted by molar-refractivity contribution is 7.92. The quantitative estimate of drug-likeness (QED) is 0.525. The van der Waals surface area contributed by atoms with E-state index in [0.717, 1.165) is 11.1 Å². The number of benzene rings is 3. The normalized spacial score (nSPS) is 12.4. The lowest BCUT2D eigenvalue weighted by Crippen LogP contribution is -2.34. The molecule has 0 aliphatic carbocycles. The van der Waals surface area contributed by atoms with Gasteiger partial charge in [-0.05, 0) is 61.4 Å². The first-order chi connectivity index (χ1) is 13.3. The highest BCUT2D eigenvalue weighted by Crippen LogP contribution is 2.36. The van der Waals surface area contributed by atoms with Gasteiger partial charge in [-0.15, -0.1) is 0 Å². The summed E-state index contributed by atoms with van der Waals surface area (Å²) in [5.41, 5.74) is 2.49. The van der Waals surface area contributed by atoms with Crippen LogP contribution in [0, 0.1) is 6.92 Å². The number of rotatable bonds is 6. The first-order valence-corrected chi connectivity index (χ1v) is 10.7. The van der Waals surface area contributed by atoms with Crippen molar-refractivity contribution in [1.29, 1.82) is 0 Å². The highest BCUT2D eigenvalue weighted by atomic mass is 35.5. The Morgan fingerprint density at radius 2 is 1.64 bits per heavy atom. The van der Waals surface area contributed by atoms with Crippen LogP contribution in [-0.2, 0) is 10.0 Å². The van der Waals surface area contributed by atoms with Crippen LogP contribution in [0.1, 0.15) is 24.1 Å². The standard InChI is InChI=1S/C22H22ClNO3S/c1-16-7-4-5-10-22(16)17(2)24(19-8-6-9-20(15-19)27-3)28(25,26)21-13-11-18(23)12-14-21/h4-15,17H,1-3H3/t17-/m1/s1. The predicted octanol–water partition coefficient (Wildman–Crippen LogP) is 5.61. The lowest BCUT2D eigenvalue weighted by Gasteiger charge is -2.32. The molecule has 0 radical (unpaired) electrons. The minimum absolute atomic E-state index is 0.181. The molecule has 1 atom stereocenters. The summed E-state index contributed by atoms with van der Waals surface area (Å²) in [5.74, 6) is 0.589. The van der Waals surface area contributed by atoms with E-state index in [9.17, 15) is 8.42 Å². The van der Waals surface area contributed by atoms with Crippen molar-refractivity contribution < 1.29 is 13.2 Å². The minimum atomic E-state index is -3.84. The Morgan fingerprint density at radius 1 is 0.964 bits per heavy atom. The zero-order chi connectivity index (χ0) is 20.3. The number of methoxy groups -OCH3 is 1. The third-order valence-corrected chi connectivity index (χ3v) is 6.83. The summed E-state index contributed by atoms with van der Waals surface area (Å²) in [7, 11) is -2.28. The summed E-state index contributed by atoms with van der Waals surface area (Å²) < 4.78 is 34.0. The Kier molecular flexibility index (Phi) is 5.96. The second-order valence-electron chi connectivity index (χ2n) is 6.49. The van der Waals surface area contributed by atoms with Crippen molar-refractivity contribution in [3.63, 3.8) is 0 Å². The Bertz CT molecular complexity index is 1070. The average Bonchev–Trinajstić information content (AvgIpc) is 2.68. The third-order valence-electron chi connectivity index (χ3n) is 4.67. The second-order valence-corrected chi connectivity index (χ2v) is 8.74. The van der Waals surface area contributed by atoms with Crippen molar-refractivity contribution in [2.45, 2.75) is 24.8 Å². The molecule has 0 bridgehead atoms. The summed E-state index contributed by atoms with van der Waals surface area (Å²) in [5, 5.41) is 0.485. The van der Waals surface area contributed by atoms with E-state index in [0.29, 0.717) is 16.5 Å². The molecule has 0 unspecified atom stereocenters. The number of ether oxygens (including phenoxy) is 1. The second kappa shape index (κ2) is 8.25. The van der Waals surface area contributed by atoms with Gasteiger partial charge >= 0.3 is 0 Å². The molecular weight excluding hydrogens is 394 g/mol. The maximum Gasteiger partial charge on any atom is 0.264 e. The fourth-order valence-electron chi connectivity index (χ4n) is 3.22. The van der Waals surface area contributed by atoms with Gasteiger partial charge in [0.1, 0.15) is 5.75 Å². The molecule has 28 heavy (non-hydrogen) atoms. The minimum Gasteiger partial charge on any atom is -0.497 e. The van der Waals surface area contributed by atoms with Gasteiger partial charge in [-0.2, -0.15) is 0 Å². The molecule has 0 aliphatic rings. The number of halogens is 1. The Hall–Kier alpha value is -2.50. The van der Waals surface area contributed by atoms with Crippen LogP contribution in [0.4, 0.5) is 5.69 Å². The first-order valence-electron chi connectivity index (χ1n) is 8.84. The molecule has 0 saturated heterocycles. The van der Waals surface area contributed by atoms with Crippen molar-refractivity contribution in [2.24, 2.45) is 0 Å². The molecule has 0 spiro atoms. The van der Waals surface area contributed by atoms with E-state index < -0.39 is 16.1 Å². The van der Waals surface area contributed by atoms with Crippen LogP contribution in [0.5, 0.6) is 5.75 Å². The van der Waals surface area contributed by atoms with Crippen LogP contribution in [0.25, 0.3) is 0 Å². The molecule has 0 saturated carbocycles. The van der Waals surface area contributed by atoms with Gasteiger partial charge in [0, 0.05) is 11.1 Å². The number of sulfonamides is 1. The molecule has 0 N–H and O–H groups in total. The maximum absolute atomic E-state index is 13.6. The van der Waals surface area contributed by atoms with Gasteiger partial charge in [0.25, 0.3) is 10.0 Å². The van der Waals surface area contributed by atoms with Crippen molar-refractivity contribution in [2.75, 3.05) is 11.4 Å². The Morgan fingerprint density at radius 3 is 2.29 bits per heavy atom. The number of nitrogens with zero attached hydrogens (tertiary/aromatic N) is 1. The fourth-order valence-corrected chi connectivity index (χ4v) is 4.97. The van der Waals surface area contributed by atoms with Gasteiger partial charge in [-0.3, -0.25) is 4.31 Å². The average molecular weight is 416 g/mol. The summed E-state index contributed by atoms with van der Waals surface area (Å²) in [6.45, 7) is 3.86. The van der Waals surface area contributed by atoms with Crippen LogP contribution in [0.2, 0.25) is 5.02 Å². The topological polar surface area (TPSA) is 46.6 Å². The lowest BCUT2D eigenvalue weighted by molar-refractivity contribution is 0.415. The zero-order valence-corrected chi connectivity index (χ0v) is 17.5. The van der Waals surface area contributed by atoms with E-state index in [-0.39, 0.29) is 4.90 Å². The fraction of sp³-hybridized carbons (Fsp3) is 0.182. The molecule has 3 rings (SSSR count).